The maximum absolute atomic E-state index is 13.0. The zero-order valence-corrected chi connectivity index (χ0v) is 15.0. The van der Waals surface area contributed by atoms with Gasteiger partial charge in [0.2, 0.25) is 0 Å². The fraction of sp³-hybridized carbons (Fsp3) is 0.368. The van der Waals surface area contributed by atoms with Crippen LogP contribution in [0.5, 0.6) is 5.75 Å². The first-order valence-electron chi connectivity index (χ1n) is 8.24. The highest BCUT2D eigenvalue weighted by Gasteiger charge is 2.09. The van der Waals surface area contributed by atoms with E-state index in [1.165, 1.54) is 18.2 Å². The van der Waals surface area contributed by atoms with Crippen molar-refractivity contribution in [1.29, 1.82) is 0 Å². The number of nitrogens with zero attached hydrogens (tertiary/aromatic N) is 2. The minimum atomic E-state index is -0.410. The molecule has 0 saturated carbocycles. The number of rotatable bonds is 7. The number of aryl methyl sites for hydroxylation is 1. The van der Waals surface area contributed by atoms with Crippen LogP contribution in [-0.2, 0) is 11.3 Å². The normalized spacial score (nSPS) is 11.3. The quantitative estimate of drug-likeness (QED) is 0.617. The molecular formula is C19H24FN3O2. The third-order valence-electron chi connectivity index (χ3n) is 3.72. The van der Waals surface area contributed by atoms with Crippen LogP contribution in [-0.4, -0.2) is 23.3 Å². The zero-order chi connectivity index (χ0) is 18.4. The van der Waals surface area contributed by atoms with Crippen LogP contribution in [0.25, 0.3) is 0 Å². The second-order valence-electron chi connectivity index (χ2n) is 6.37. The van der Waals surface area contributed by atoms with E-state index in [9.17, 15) is 9.18 Å². The Morgan fingerprint density at radius 3 is 2.80 bits per heavy atom. The summed E-state index contributed by atoms with van der Waals surface area (Å²) in [5, 5.41) is 3.97. The number of hydrogen-bond acceptors (Lipinski definition) is 3. The summed E-state index contributed by atoms with van der Waals surface area (Å²) in [6, 6.07) is 7.68. The summed E-state index contributed by atoms with van der Waals surface area (Å²) in [6.45, 7) is 9.15. The number of carbonyl (C=O) groups is 1. The molecule has 6 heteroatoms. The smallest absolute Gasteiger partial charge is 0.277 e. The predicted octanol–water partition coefficient (Wildman–Crippen LogP) is 3.43. The van der Waals surface area contributed by atoms with Gasteiger partial charge in [0.1, 0.15) is 11.6 Å². The predicted molar refractivity (Wildman–Crippen MR) is 96.4 cm³/mol. The molecule has 1 aromatic heterocycles. The largest absolute Gasteiger partial charge is 0.484 e. The van der Waals surface area contributed by atoms with Crippen LogP contribution in [0.1, 0.15) is 30.8 Å². The first-order valence-corrected chi connectivity index (χ1v) is 8.24. The molecule has 0 fully saturated rings. The summed E-state index contributed by atoms with van der Waals surface area (Å²) in [5.74, 6) is 0.0369. The highest BCUT2D eigenvalue weighted by atomic mass is 19.1. The molecule has 0 aliphatic heterocycles. The summed E-state index contributed by atoms with van der Waals surface area (Å²) in [6.07, 6.45) is 1.62. The van der Waals surface area contributed by atoms with Crippen molar-refractivity contribution in [3.05, 3.63) is 53.1 Å². The summed E-state index contributed by atoms with van der Waals surface area (Å²) in [7, 11) is 0. The number of halogens is 1. The molecule has 1 N–H and O–H groups in total. The molecule has 0 atom stereocenters. The Hall–Kier alpha value is -2.63. The molecule has 0 unspecified atom stereocenters. The fourth-order valence-corrected chi connectivity index (χ4v) is 2.52. The van der Waals surface area contributed by atoms with Crippen molar-refractivity contribution in [2.24, 2.45) is 11.0 Å². The van der Waals surface area contributed by atoms with Crippen molar-refractivity contribution in [3.63, 3.8) is 0 Å². The Kier molecular flexibility index (Phi) is 6.33. The van der Waals surface area contributed by atoms with Crippen LogP contribution in [0.4, 0.5) is 4.39 Å². The Bertz CT molecular complexity index is 766. The number of ether oxygens (including phenoxy) is 1. The van der Waals surface area contributed by atoms with Crippen molar-refractivity contribution in [1.82, 2.24) is 9.99 Å². The summed E-state index contributed by atoms with van der Waals surface area (Å²) >= 11 is 0. The Morgan fingerprint density at radius 1 is 1.36 bits per heavy atom. The highest BCUT2D eigenvalue weighted by molar-refractivity contribution is 5.84. The Balaban J connectivity index is 1.89. The van der Waals surface area contributed by atoms with Crippen molar-refractivity contribution < 1.29 is 13.9 Å². The van der Waals surface area contributed by atoms with Gasteiger partial charge in [-0.05, 0) is 38.0 Å². The van der Waals surface area contributed by atoms with Gasteiger partial charge in [-0.15, -0.1) is 0 Å². The molecule has 1 heterocycles. The fourth-order valence-electron chi connectivity index (χ4n) is 2.52. The maximum atomic E-state index is 13.0. The summed E-state index contributed by atoms with van der Waals surface area (Å²) < 4.78 is 20.5. The van der Waals surface area contributed by atoms with E-state index in [1.54, 1.807) is 12.3 Å². The van der Waals surface area contributed by atoms with Gasteiger partial charge in [-0.2, -0.15) is 5.10 Å². The van der Waals surface area contributed by atoms with Crippen LogP contribution in [0.15, 0.2) is 35.4 Å². The Morgan fingerprint density at radius 2 is 2.12 bits per heavy atom. The minimum Gasteiger partial charge on any atom is -0.484 e. The van der Waals surface area contributed by atoms with E-state index in [2.05, 4.69) is 35.9 Å². The number of benzene rings is 1. The van der Waals surface area contributed by atoms with Crippen molar-refractivity contribution >= 4 is 12.1 Å². The first-order chi connectivity index (χ1) is 11.9. The van der Waals surface area contributed by atoms with Gasteiger partial charge in [0.05, 0.1) is 6.21 Å². The number of hydrogen-bond donors (Lipinski definition) is 1. The molecular weight excluding hydrogens is 321 g/mol. The van der Waals surface area contributed by atoms with Gasteiger partial charge in [-0.25, -0.2) is 9.82 Å². The topological polar surface area (TPSA) is 55.6 Å². The van der Waals surface area contributed by atoms with Gasteiger partial charge >= 0.3 is 0 Å². The lowest BCUT2D eigenvalue weighted by molar-refractivity contribution is -0.123. The monoisotopic (exact) mass is 345 g/mol. The Labute approximate surface area is 147 Å². The van der Waals surface area contributed by atoms with Gasteiger partial charge in [0.15, 0.2) is 6.61 Å². The lowest BCUT2D eigenvalue weighted by atomic mass is 10.2. The average Bonchev–Trinajstić information content (AvgIpc) is 2.80. The summed E-state index contributed by atoms with van der Waals surface area (Å²) in [5.41, 5.74) is 5.65. The third kappa shape index (κ3) is 5.45. The highest BCUT2D eigenvalue weighted by Crippen LogP contribution is 2.15. The molecule has 0 radical (unpaired) electrons. The lowest BCUT2D eigenvalue weighted by Crippen LogP contribution is -2.24. The number of amides is 1. The van der Waals surface area contributed by atoms with E-state index in [-0.39, 0.29) is 6.61 Å². The molecule has 0 aliphatic rings. The van der Waals surface area contributed by atoms with E-state index < -0.39 is 11.7 Å². The van der Waals surface area contributed by atoms with Crippen LogP contribution in [0.3, 0.4) is 0 Å². The summed E-state index contributed by atoms with van der Waals surface area (Å²) in [4.78, 5) is 11.7. The van der Waals surface area contributed by atoms with Gasteiger partial charge in [0.25, 0.3) is 5.91 Å². The maximum Gasteiger partial charge on any atom is 0.277 e. The molecule has 25 heavy (non-hydrogen) atoms. The van der Waals surface area contributed by atoms with E-state index >= 15 is 0 Å². The molecule has 0 saturated heterocycles. The van der Waals surface area contributed by atoms with Crippen LogP contribution in [0, 0.1) is 25.6 Å². The minimum absolute atomic E-state index is 0.229. The van der Waals surface area contributed by atoms with Crippen molar-refractivity contribution in [2.45, 2.75) is 34.2 Å². The van der Waals surface area contributed by atoms with E-state index in [0.717, 1.165) is 23.5 Å². The number of nitrogens with one attached hydrogen (secondary N) is 1. The van der Waals surface area contributed by atoms with E-state index in [4.69, 9.17) is 4.74 Å². The number of carbonyl (C=O) groups excluding carboxylic acids is 1. The van der Waals surface area contributed by atoms with Gasteiger partial charge in [-0.1, -0.05) is 19.9 Å². The second kappa shape index (κ2) is 8.46. The third-order valence-corrected chi connectivity index (χ3v) is 3.72. The van der Waals surface area contributed by atoms with Gasteiger partial charge < -0.3 is 9.30 Å². The first kappa shape index (κ1) is 18.7. The molecule has 0 bridgehead atoms. The zero-order valence-electron chi connectivity index (χ0n) is 15.0. The van der Waals surface area contributed by atoms with Crippen molar-refractivity contribution in [3.8, 4) is 5.75 Å². The van der Waals surface area contributed by atoms with Crippen LogP contribution < -0.4 is 10.2 Å². The standard InChI is InChI=1S/C19H24FN3O2/c1-13(2)11-23-14(3)8-16(15(23)4)10-21-22-19(24)12-25-18-7-5-6-17(20)9-18/h5-10,13H,11-12H2,1-4H3,(H,22,24)/b21-10-. The average molecular weight is 345 g/mol. The number of hydrazone groups is 1. The number of aromatic nitrogens is 1. The molecule has 1 amide bonds. The van der Waals surface area contributed by atoms with E-state index in [0.29, 0.717) is 11.7 Å². The molecule has 1 aromatic carbocycles. The van der Waals surface area contributed by atoms with Gasteiger partial charge in [0, 0.05) is 29.6 Å². The van der Waals surface area contributed by atoms with Crippen LogP contribution in [0.2, 0.25) is 0 Å². The van der Waals surface area contributed by atoms with Gasteiger partial charge in [-0.3, -0.25) is 4.79 Å². The van der Waals surface area contributed by atoms with E-state index in [1.807, 2.05) is 13.0 Å². The SMILES string of the molecule is Cc1cc(/C=N\NC(=O)COc2cccc(F)c2)c(C)n1CC(C)C. The molecule has 5 nitrogen and oxygen atoms in total. The molecule has 2 aromatic rings. The molecule has 2 rings (SSSR count). The molecule has 0 aliphatic carbocycles. The van der Waals surface area contributed by atoms with Crippen LogP contribution >= 0.6 is 0 Å². The second-order valence-corrected chi connectivity index (χ2v) is 6.37. The lowest BCUT2D eigenvalue weighted by Gasteiger charge is -2.11. The molecule has 0 spiro atoms. The van der Waals surface area contributed by atoms with Crippen molar-refractivity contribution in [2.75, 3.05) is 6.61 Å². The molecule has 134 valence electrons.